The number of carbonyl (C=O) groups is 1. The topological polar surface area (TPSA) is 77.2 Å². The molecule has 1 amide bonds. The number of hydrogen-bond acceptors (Lipinski definition) is 4. The van der Waals surface area contributed by atoms with Crippen LogP contribution in [0.1, 0.15) is 49.9 Å². The van der Waals surface area contributed by atoms with Crippen molar-refractivity contribution in [1.29, 1.82) is 0 Å². The van der Waals surface area contributed by atoms with E-state index >= 15 is 0 Å². The summed E-state index contributed by atoms with van der Waals surface area (Å²) in [5.74, 6) is -1.47. The van der Waals surface area contributed by atoms with Crippen molar-refractivity contribution >= 4 is 11.7 Å². The Hall–Kier alpha value is -1.69. The van der Waals surface area contributed by atoms with Crippen LogP contribution in [0.4, 0.5) is 10.2 Å². The lowest BCUT2D eigenvalue weighted by atomic mass is 9.86. The quantitative estimate of drug-likeness (QED) is 0.893. The first-order valence-corrected chi connectivity index (χ1v) is 7.36. The van der Waals surface area contributed by atoms with Gasteiger partial charge in [-0.05, 0) is 31.7 Å². The summed E-state index contributed by atoms with van der Waals surface area (Å²) in [6, 6.07) is 1.33. The Morgan fingerprint density at radius 1 is 1.57 bits per heavy atom. The number of pyridine rings is 1. The number of aromatic nitrogens is 1. The zero-order valence-electron chi connectivity index (χ0n) is 12.5. The van der Waals surface area contributed by atoms with E-state index in [4.69, 9.17) is 10.5 Å². The summed E-state index contributed by atoms with van der Waals surface area (Å²) in [5.41, 5.74) is 5.14. The Labute approximate surface area is 124 Å². The Morgan fingerprint density at radius 3 is 2.95 bits per heavy atom. The van der Waals surface area contributed by atoms with Gasteiger partial charge in [0.05, 0.1) is 11.2 Å². The fraction of sp³-hybridized carbons (Fsp3) is 0.600. The number of nitrogen functional groups attached to an aromatic ring is 1. The first-order chi connectivity index (χ1) is 10.0. The molecule has 1 atom stereocenters. The number of hydrogen-bond donors (Lipinski definition) is 2. The lowest BCUT2D eigenvalue weighted by Crippen LogP contribution is -2.48. The van der Waals surface area contributed by atoms with Crippen LogP contribution in [-0.2, 0) is 4.74 Å². The SMILES string of the molecule is CCC1(CC)CC(NC(=O)c2ccnc(N)c2F)CCO1. The van der Waals surface area contributed by atoms with Crippen molar-refractivity contribution in [3.63, 3.8) is 0 Å². The number of rotatable bonds is 4. The fourth-order valence-corrected chi connectivity index (χ4v) is 2.79. The minimum atomic E-state index is -0.765. The molecule has 0 aliphatic carbocycles. The van der Waals surface area contributed by atoms with Gasteiger partial charge in [-0.15, -0.1) is 0 Å². The van der Waals surface area contributed by atoms with Crippen molar-refractivity contribution in [3.05, 3.63) is 23.6 Å². The molecule has 0 aromatic carbocycles. The number of nitrogens with one attached hydrogen (secondary N) is 1. The maximum atomic E-state index is 13.8. The third-order valence-corrected chi connectivity index (χ3v) is 4.28. The second-order valence-corrected chi connectivity index (χ2v) is 5.46. The largest absolute Gasteiger partial charge is 0.381 e. The number of amides is 1. The maximum Gasteiger partial charge on any atom is 0.254 e. The smallest absolute Gasteiger partial charge is 0.254 e. The second kappa shape index (κ2) is 6.39. The van der Waals surface area contributed by atoms with Crippen LogP contribution in [0.25, 0.3) is 0 Å². The number of anilines is 1. The van der Waals surface area contributed by atoms with Gasteiger partial charge < -0.3 is 15.8 Å². The number of ether oxygens (including phenoxy) is 1. The van der Waals surface area contributed by atoms with Crippen LogP contribution in [0.15, 0.2) is 12.3 Å². The first kappa shape index (κ1) is 15.7. The minimum Gasteiger partial charge on any atom is -0.381 e. The van der Waals surface area contributed by atoms with Crippen LogP contribution in [0.2, 0.25) is 0 Å². The number of carbonyl (C=O) groups excluding carboxylic acids is 1. The first-order valence-electron chi connectivity index (χ1n) is 7.36. The third kappa shape index (κ3) is 3.32. The van der Waals surface area contributed by atoms with Crippen LogP contribution in [-0.4, -0.2) is 29.1 Å². The van der Waals surface area contributed by atoms with Gasteiger partial charge in [-0.3, -0.25) is 4.79 Å². The monoisotopic (exact) mass is 295 g/mol. The molecule has 1 aromatic heterocycles. The lowest BCUT2D eigenvalue weighted by Gasteiger charge is -2.40. The molecular weight excluding hydrogens is 273 g/mol. The van der Waals surface area contributed by atoms with Crippen molar-refractivity contribution < 1.29 is 13.9 Å². The highest BCUT2D eigenvalue weighted by Gasteiger charge is 2.35. The molecule has 21 heavy (non-hydrogen) atoms. The Balaban J connectivity index is 2.07. The zero-order chi connectivity index (χ0) is 15.5. The highest BCUT2D eigenvalue weighted by Crippen LogP contribution is 2.31. The van der Waals surface area contributed by atoms with Gasteiger partial charge in [0.1, 0.15) is 0 Å². The van der Waals surface area contributed by atoms with E-state index in [9.17, 15) is 9.18 Å². The summed E-state index contributed by atoms with van der Waals surface area (Å²) in [5, 5.41) is 2.88. The summed E-state index contributed by atoms with van der Waals surface area (Å²) in [6.45, 7) is 4.77. The molecule has 1 unspecified atom stereocenters. The average Bonchev–Trinajstić information content (AvgIpc) is 2.50. The van der Waals surface area contributed by atoms with Crippen molar-refractivity contribution in [3.8, 4) is 0 Å². The van der Waals surface area contributed by atoms with Crippen molar-refractivity contribution in [2.45, 2.75) is 51.2 Å². The zero-order valence-corrected chi connectivity index (χ0v) is 12.5. The van der Waals surface area contributed by atoms with E-state index in [1.54, 1.807) is 0 Å². The molecule has 1 aliphatic heterocycles. The molecule has 116 valence electrons. The highest BCUT2D eigenvalue weighted by molar-refractivity contribution is 5.95. The van der Waals surface area contributed by atoms with Crippen molar-refractivity contribution in [2.24, 2.45) is 0 Å². The van der Waals surface area contributed by atoms with Crippen LogP contribution in [0, 0.1) is 5.82 Å². The van der Waals surface area contributed by atoms with Crippen LogP contribution < -0.4 is 11.1 Å². The van der Waals surface area contributed by atoms with E-state index < -0.39 is 11.7 Å². The average molecular weight is 295 g/mol. The van der Waals surface area contributed by atoms with Crippen LogP contribution in [0.3, 0.4) is 0 Å². The molecule has 1 fully saturated rings. The predicted octanol–water partition coefficient (Wildman–Crippen LogP) is 2.27. The molecule has 1 saturated heterocycles. The second-order valence-electron chi connectivity index (χ2n) is 5.46. The number of nitrogens with zero attached hydrogens (tertiary/aromatic N) is 1. The molecule has 0 saturated carbocycles. The molecule has 0 spiro atoms. The van der Waals surface area contributed by atoms with Gasteiger partial charge in [-0.2, -0.15) is 0 Å². The molecule has 2 heterocycles. The molecule has 3 N–H and O–H groups in total. The summed E-state index contributed by atoms with van der Waals surface area (Å²) < 4.78 is 19.7. The van der Waals surface area contributed by atoms with Gasteiger partial charge in [0, 0.05) is 18.8 Å². The molecule has 0 bridgehead atoms. The third-order valence-electron chi connectivity index (χ3n) is 4.28. The van der Waals surface area contributed by atoms with E-state index in [0.29, 0.717) is 6.61 Å². The Bertz CT molecular complexity index is 518. The fourth-order valence-electron chi connectivity index (χ4n) is 2.79. The van der Waals surface area contributed by atoms with Gasteiger partial charge >= 0.3 is 0 Å². The Kier molecular flexibility index (Phi) is 4.77. The highest BCUT2D eigenvalue weighted by atomic mass is 19.1. The maximum absolute atomic E-state index is 13.8. The Morgan fingerprint density at radius 2 is 2.29 bits per heavy atom. The van der Waals surface area contributed by atoms with Gasteiger partial charge in [0.25, 0.3) is 5.91 Å². The standard InChI is InChI=1S/C15H22FN3O2/c1-3-15(4-2)9-10(6-8-21-15)19-14(20)11-5-7-18-13(17)12(11)16/h5,7,10H,3-4,6,8-9H2,1-2H3,(H2,17,18)(H,19,20). The molecular formula is C15H22FN3O2. The van der Waals surface area contributed by atoms with Gasteiger partial charge in [-0.1, -0.05) is 13.8 Å². The van der Waals surface area contributed by atoms with E-state index in [2.05, 4.69) is 24.1 Å². The summed E-state index contributed by atoms with van der Waals surface area (Å²) in [7, 11) is 0. The normalized spacial score (nSPS) is 21.0. The molecule has 0 radical (unpaired) electrons. The summed E-state index contributed by atoms with van der Waals surface area (Å²) in [4.78, 5) is 15.8. The number of nitrogens with two attached hydrogens (primary N) is 1. The molecule has 5 nitrogen and oxygen atoms in total. The van der Waals surface area contributed by atoms with Gasteiger partial charge in [-0.25, -0.2) is 9.37 Å². The van der Waals surface area contributed by atoms with E-state index in [1.807, 2.05) is 0 Å². The van der Waals surface area contributed by atoms with E-state index in [0.717, 1.165) is 25.7 Å². The van der Waals surface area contributed by atoms with Crippen molar-refractivity contribution in [1.82, 2.24) is 10.3 Å². The molecule has 2 rings (SSSR count). The van der Waals surface area contributed by atoms with Crippen LogP contribution in [0.5, 0.6) is 0 Å². The molecule has 6 heteroatoms. The van der Waals surface area contributed by atoms with Gasteiger partial charge in [0.15, 0.2) is 11.6 Å². The van der Waals surface area contributed by atoms with Gasteiger partial charge in [0.2, 0.25) is 0 Å². The lowest BCUT2D eigenvalue weighted by molar-refractivity contribution is -0.0917. The molecule has 1 aromatic rings. The van der Waals surface area contributed by atoms with Crippen molar-refractivity contribution in [2.75, 3.05) is 12.3 Å². The van der Waals surface area contributed by atoms with E-state index in [1.165, 1.54) is 12.3 Å². The molecule has 1 aliphatic rings. The van der Waals surface area contributed by atoms with E-state index in [-0.39, 0.29) is 23.0 Å². The summed E-state index contributed by atoms with van der Waals surface area (Å²) in [6.07, 6.45) is 4.60. The predicted molar refractivity (Wildman–Crippen MR) is 78.4 cm³/mol. The summed E-state index contributed by atoms with van der Waals surface area (Å²) >= 11 is 0. The van der Waals surface area contributed by atoms with Crippen LogP contribution >= 0.6 is 0 Å². The minimum absolute atomic E-state index is 0.0139. The number of halogens is 1.